The Hall–Kier alpha value is -0.830. The minimum absolute atomic E-state index is 0.0929. The Labute approximate surface area is 91.7 Å². The van der Waals surface area contributed by atoms with E-state index in [0.717, 1.165) is 13.1 Å². The minimum atomic E-state index is 0.0929. The molecule has 1 amide bonds. The molecule has 0 aromatic carbocycles. The number of nitrogens with zero attached hydrogens (tertiary/aromatic N) is 2. The second-order valence-electron chi connectivity index (χ2n) is 4.87. The molecule has 0 spiro atoms. The predicted molar refractivity (Wildman–Crippen MR) is 60.6 cm³/mol. The van der Waals surface area contributed by atoms with E-state index in [0.29, 0.717) is 18.1 Å². The summed E-state index contributed by atoms with van der Waals surface area (Å²) in [5, 5.41) is 0. The summed E-state index contributed by atoms with van der Waals surface area (Å²) in [6.45, 7) is 9.83. The molecule has 2 fully saturated rings. The Kier molecular flexibility index (Phi) is 2.83. The van der Waals surface area contributed by atoms with E-state index in [1.165, 1.54) is 18.9 Å². The lowest BCUT2D eigenvalue weighted by molar-refractivity contribution is -0.129. The molecule has 3 nitrogen and oxygen atoms in total. The van der Waals surface area contributed by atoms with E-state index in [4.69, 9.17) is 0 Å². The number of carbonyl (C=O) groups is 1. The van der Waals surface area contributed by atoms with Crippen LogP contribution in [0.4, 0.5) is 0 Å². The van der Waals surface area contributed by atoms with Crippen LogP contribution in [-0.2, 0) is 4.79 Å². The fraction of sp³-hybridized carbons (Fsp3) is 0.750. The van der Waals surface area contributed by atoms with Gasteiger partial charge in [-0.05, 0) is 32.8 Å². The molecule has 2 rings (SSSR count). The van der Waals surface area contributed by atoms with Crippen molar-refractivity contribution >= 4 is 5.91 Å². The van der Waals surface area contributed by atoms with Gasteiger partial charge in [0.1, 0.15) is 0 Å². The first-order valence-corrected chi connectivity index (χ1v) is 5.82. The molecule has 2 heterocycles. The number of fused-ring (bicyclic) bond motifs is 2. The highest BCUT2D eigenvalue weighted by molar-refractivity contribution is 5.87. The van der Waals surface area contributed by atoms with Crippen molar-refractivity contribution < 1.29 is 4.79 Å². The van der Waals surface area contributed by atoms with Crippen molar-refractivity contribution in [2.75, 3.05) is 13.1 Å². The van der Waals surface area contributed by atoms with E-state index in [9.17, 15) is 4.79 Å². The van der Waals surface area contributed by atoms with Gasteiger partial charge in [-0.3, -0.25) is 9.69 Å². The summed E-state index contributed by atoms with van der Waals surface area (Å²) in [4.78, 5) is 16.1. The van der Waals surface area contributed by atoms with Crippen LogP contribution in [0.15, 0.2) is 12.7 Å². The number of likely N-dealkylation sites (tertiary alicyclic amines) is 1. The summed E-state index contributed by atoms with van der Waals surface area (Å²) >= 11 is 0. The maximum atomic E-state index is 11.6. The van der Waals surface area contributed by atoms with Crippen LogP contribution < -0.4 is 0 Å². The predicted octanol–water partition coefficient (Wildman–Crippen LogP) is 1.26. The molecule has 0 N–H and O–H groups in total. The second-order valence-corrected chi connectivity index (χ2v) is 4.87. The Balaban J connectivity index is 2.08. The zero-order valence-corrected chi connectivity index (χ0v) is 9.65. The van der Waals surface area contributed by atoms with Crippen molar-refractivity contribution in [3.63, 3.8) is 0 Å². The Morgan fingerprint density at radius 2 is 1.87 bits per heavy atom. The maximum Gasteiger partial charge on any atom is 0.246 e. The Bertz CT molecular complexity index is 261. The molecule has 84 valence electrons. The average Bonchev–Trinajstić information content (AvgIpc) is 2.49. The molecule has 15 heavy (non-hydrogen) atoms. The number of amides is 1. The van der Waals surface area contributed by atoms with Crippen molar-refractivity contribution in [3.8, 4) is 0 Å². The quantitative estimate of drug-likeness (QED) is 0.638. The molecule has 2 saturated heterocycles. The van der Waals surface area contributed by atoms with Gasteiger partial charge in [0.15, 0.2) is 0 Å². The summed E-state index contributed by atoms with van der Waals surface area (Å²) < 4.78 is 0. The number of piperazine rings is 1. The van der Waals surface area contributed by atoms with E-state index in [1.807, 2.05) is 4.90 Å². The van der Waals surface area contributed by atoms with Gasteiger partial charge in [-0.15, -0.1) is 0 Å². The van der Waals surface area contributed by atoms with Crippen LogP contribution in [0.25, 0.3) is 0 Å². The van der Waals surface area contributed by atoms with Crippen LogP contribution in [0.3, 0.4) is 0 Å². The molecule has 2 aliphatic heterocycles. The van der Waals surface area contributed by atoms with Crippen LogP contribution in [0.1, 0.15) is 26.7 Å². The topological polar surface area (TPSA) is 23.6 Å². The van der Waals surface area contributed by atoms with Gasteiger partial charge >= 0.3 is 0 Å². The molecule has 2 atom stereocenters. The summed E-state index contributed by atoms with van der Waals surface area (Å²) in [6.07, 6.45) is 3.91. The zero-order chi connectivity index (χ0) is 11.0. The smallest absolute Gasteiger partial charge is 0.246 e. The zero-order valence-electron chi connectivity index (χ0n) is 9.65. The van der Waals surface area contributed by atoms with Crippen molar-refractivity contribution in [1.82, 2.24) is 9.80 Å². The van der Waals surface area contributed by atoms with Crippen molar-refractivity contribution in [2.45, 2.75) is 44.8 Å². The summed E-state index contributed by atoms with van der Waals surface area (Å²) in [5.41, 5.74) is 0. The molecule has 0 aromatic rings. The van der Waals surface area contributed by atoms with Crippen LogP contribution in [0.5, 0.6) is 0 Å². The fourth-order valence-electron chi connectivity index (χ4n) is 3.09. The minimum Gasteiger partial charge on any atom is -0.336 e. The molecule has 0 aromatic heterocycles. The van der Waals surface area contributed by atoms with Crippen LogP contribution in [-0.4, -0.2) is 46.9 Å². The van der Waals surface area contributed by atoms with E-state index in [-0.39, 0.29) is 5.91 Å². The first-order valence-electron chi connectivity index (χ1n) is 5.82. The van der Waals surface area contributed by atoms with Crippen LogP contribution in [0.2, 0.25) is 0 Å². The molecule has 3 heteroatoms. The Morgan fingerprint density at radius 1 is 1.33 bits per heavy atom. The van der Waals surface area contributed by atoms with Crippen LogP contribution in [0, 0.1) is 0 Å². The molecular weight excluding hydrogens is 188 g/mol. The molecular formula is C12H20N2O. The van der Waals surface area contributed by atoms with Gasteiger partial charge < -0.3 is 4.90 Å². The second kappa shape index (κ2) is 3.97. The summed E-state index contributed by atoms with van der Waals surface area (Å²) in [7, 11) is 0. The number of hydrogen-bond acceptors (Lipinski definition) is 2. The SMILES string of the molecule is C=CC(=O)N1CC2CCC(C1)N2C(C)C. The summed E-state index contributed by atoms with van der Waals surface area (Å²) in [6, 6.07) is 1.75. The number of hydrogen-bond donors (Lipinski definition) is 0. The van der Waals surface area contributed by atoms with Gasteiger partial charge in [0.2, 0.25) is 5.91 Å². The van der Waals surface area contributed by atoms with Gasteiger partial charge in [0, 0.05) is 31.2 Å². The molecule has 0 saturated carbocycles. The van der Waals surface area contributed by atoms with Gasteiger partial charge in [-0.2, -0.15) is 0 Å². The fourth-order valence-corrected chi connectivity index (χ4v) is 3.09. The standard InChI is InChI=1S/C12H20N2O/c1-4-12(15)13-7-10-5-6-11(8-13)14(10)9(2)3/h4,9-11H,1,5-8H2,2-3H3. The lowest BCUT2D eigenvalue weighted by atomic mass is 10.1. The van der Waals surface area contributed by atoms with Crippen molar-refractivity contribution in [3.05, 3.63) is 12.7 Å². The van der Waals surface area contributed by atoms with E-state index >= 15 is 0 Å². The highest BCUT2D eigenvalue weighted by atomic mass is 16.2. The van der Waals surface area contributed by atoms with E-state index < -0.39 is 0 Å². The summed E-state index contributed by atoms with van der Waals surface area (Å²) in [5.74, 6) is 0.0929. The van der Waals surface area contributed by atoms with E-state index in [2.05, 4.69) is 25.3 Å². The van der Waals surface area contributed by atoms with Gasteiger partial charge in [-0.25, -0.2) is 0 Å². The highest BCUT2D eigenvalue weighted by Crippen LogP contribution is 2.31. The van der Waals surface area contributed by atoms with Gasteiger partial charge in [-0.1, -0.05) is 6.58 Å². The van der Waals surface area contributed by atoms with E-state index in [1.54, 1.807) is 0 Å². The first-order chi connectivity index (χ1) is 7.13. The average molecular weight is 208 g/mol. The number of rotatable bonds is 2. The van der Waals surface area contributed by atoms with Gasteiger partial charge in [0.25, 0.3) is 0 Å². The maximum absolute atomic E-state index is 11.6. The van der Waals surface area contributed by atoms with Crippen LogP contribution >= 0.6 is 0 Å². The lowest BCUT2D eigenvalue weighted by Crippen LogP contribution is -2.57. The van der Waals surface area contributed by atoms with Gasteiger partial charge in [0.05, 0.1) is 0 Å². The molecule has 2 unspecified atom stereocenters. The molecule has 0 aliphatic carbocycles. The Morgan fingerprint density at radius 3 is 2.27 bits per heavy atom. The third-order valence-electron chi connectivity index (χ3n) is 3.62. The first kappa shape index (κ1) is 10.7. The third kappa shape index (κ3) is 1.81. The monoisotopic (exact) mass is 208 g/mol. The molecule has 2 bridgehead atoms. The normalized spacial score (nSPS) is 31.0. The highest BCUT2D eigenvalue weighted by Gasteiger charge is 2.41. The van der Waals surface area contributed by atoms with Crippen molar-refractivity contribution in [2.24, 2.45) is 0 Å². The largest absolute Gasteiger partial charge is 0.336 e. The molecule has 0 radical (unpaired) electrons. The van der Waals surface area contributed by atoms with Crippen molar-refractivity contribution in [1.29, 1.82) is 0 Å². The number of carbonyl (C=O) groups excluding carboxylic acids is 1. The lowest BCUT2D eigenvalue weighted by Gasteiger charge is -2.43. The third-order valence-corrected chi connectivity index (χ3v) is 3.62. The molecule has 2 aliphatic rings.